The minimum absolute atomic E-state index is 0.0266. The van der Waals surface area contributed by atoms with Gasteiger partial charge in [0.15, 0.2) is 0 Å². The van der Waals surface area contributed by atoms with Crippen LogP contribution in [0.1, 0.15) is 12.5 Å². The van der Waals surface area contributed by atoms with Crippen molar-refractivity contribution >= 4 is 17.4 Å². The molecule has 2 fully saturated rings. The van der Waals surface area contributed by atoms with E-state index in [9.17, 15) is 4.79 Å². The Morgan fingerprint density at radius 1 is 1.07 bits per heavy atom. The van der Waals surface area contributed by atoms with Gasteiger partial charge >= 0.3 is 6.03 Å². The molecule has 7 nitrogen and oxygen atoms in total. The molecule has 2 amide bonds. The number of carbonyl (C=O) groups is 1. The van der Waals surface area contributed by atoms with Gasteiger partial charge in [0.25, 0.3) is 0 Å². The first-order chi connectivity index (χ1) is 14.2. The molecule has 1 atom stereocenters. The third-order valence-electron chi connectivity index (χ3n) is 5.54. The minimum Gasteiger partial charge on any atom is -0.375 e. The fourth-order valence-electron chi connectivity index (χ4n) is 3.87. The van der Waals surface area contributed by atoms with Crippen LogP contribution in [-0.4, -0.2) is 72.8 Å². The number of nitrogens with one attached hydrogen (secondary N) is 1. The van der Waals surface area contributed by atoms with E-state index in [2.05, 4.69) is 39.2 Å². The largest absolute Gasteiger partial charge is 0.375 e. The second-order valence-corrected chi connectivity index (χ2v) is 7.72. The van der Waals surface area contributed by atoms with Crippen LogP contribution in [0.2, 0.25) is 0 Å². The van der Waals surface area contributed by atoms with Crippen LogP contribution in [0, 0.1) is 0 Å². The number of pyridine rings is 1. The highest BCUT2D eigenvalue weighted by molar-refractivity contribution is 5.89. The van der Waals surface area contributed by atoms with E-state index in [1.54, 1.807) is 0 Å². The zero-order valence-electron chi connectivity index (χ0n) is 17.0. The van der Waals surface area contributed by atoms with Gasteiger partial charge in [-0.05, 0) is 48.9 Å². The SMILES string of the molecule is CC1CN(c2ccc(NC(=O)N3CCN(Cc4ccncc4)CC3)cc2)CCO1. The van der Waals surface area contributed by atoms with Crippen LogP contribution in [0.25, 0.3) is 0 Å². The number of aromatic nitrogens is 1. The van der Waals surface area contributed by atoms with Crippen molar-refractivity contribution in [3.63, 3.8) is 0 Å². The number of hydrogen-bond donors (Lipinski definition) is 1. The Bertz CT molecular complexity index is 791. The number of ether oxygens (including phenoxy) is 1. The number of nitrogens with zero attached hydrogens (tertiary/aromatic N) is 4. The zero-order valence-corrected chi connectivity index (χ0v) is 17.0. The van der Waals surface area contributed by atoms with Crippen molar-refractivity contribution in [3.8, 4) is 0 Å². The molecule has 2 aromatic rings. The van der Waals surface area contributed by atoms with E-state index >= 15 is 0 Å². The van der Waals surface area contributed by atoms with Crippen molar-refractivity contribution < 1.29 is 9.53 Å². The van der Waals surface area contributed by atoms with Crippen LogP contribution in [-0.2, 0) is 11.3 Å². The number of piperazine rings is 1. The van der Waals surface area contributed by atoms with Crippen molar-refractivity contribution in [1.82, 2.24) is 14.8 Å². The standard InChI is InChI=1S/C22H29N5O2/c1-18-16-27(14-15-29-18)21-4-2-20(3-5-21)24-22(28)26-12-10-25(11-13-26)17-19-6-8-23-9-7-19/h2-9,18H,10-17H2,1H3,(H,24,28). The van der Waals surface area contributed by atoms with Crippen LogP contribution >= 0.6 is 0 Å². The lowest BCUT2D eigenvalue weighted by atomic mass is 10.2. The van der Waals surface area contributed by atoms with E-state index in [0.29, 0.717) is 0 Å². The van der Waals surface area contributed by atoms with Crippen LogP contribution in [0.5, 0.6) is 0 Å². The molecule has 4 rings (SSSR count). The summed E-state index contributed by atoms with van der Waals surface area (Å²) in [5.41, 5.74) is 3.26. The van der Waals surface area contributed by atoms with Gasteiger partial charge in [0.05, 0.1) is 12.7 Å². The first-order valence-corrected chi connectivity index (χ1v) is 10.3. The van der Waals surface area contributed by atoms with E-state index in [-0.39, 0.29) is 12.1 Å². The molecule has 1 unspecified atom stereocenters. The second-order valence-electron chi connectivity index (χ2n) is 7.72. The van der Waals surface area contributed by atoms with Crippen molar-refractivity contribution in [1.29, 1.82) is 0 Å². The molecule has 0 radical (unpaired) electrons. The fourth-order valence-corrected chi connectivity index (χ4v) is 3.87. The Morgan fingerprint density at radius 2 is 1.79 bits per heavy atom. The highest BCUT2D eigenvalue weighted by Gasteiger charge is 2.21. The number of benzene rings is 1. The van der Waals surface area contributed by atoms with Gasteiger partial charge < -0.3 is 19.9 Å². The first-order valence-electron chi connectivity index (χ1n) is 10.3. The maximum atomic E-state index is 12.6. The Labute approximate surface area is 172 Å². The molecular formula is C22H29N5O2. The van der Waals surface area contributed by atoms with Crippen LogP contribution in [0.4, 0.5) is 16.2 Å². The van der Waals surface area contributed by atoms with Crippen LogP contribution < -0.4 is 10.2 Å². The summed E-state index contributed by atoms with van der Waals surface area (Å²) in [7, 11) is 0. The summed E-state index contributed by atoms with van der Waals surface area (Å²) in [4.78, 5) is 23.3. The van der Waals surface area contributed by atoms with E-state index in [4.69, 9.17) is 4.74 Å². The molecule has 154 valence electrons. The number of carbonyl (C=O) groups excluding carboxylic acids is 1. The van der Waals surface area contributed by atoms with E-state index in [0.717, 1.165) is 58.1 Å². The maximum absolute atomic E-state index is 12.6. The highest BCUT2D eigenvalue weighted by Crippen LogP contribution is 2.21. The van der Waals surface area contributed by atoms with Gasteiger partial charge in [-0.2, -0.15) is 0 Å². The van der Waals surface area contributed by atoms with Crippen molar-refractivity contribution in [2.45, 2.75) is 19.6 Å². The average molecular weight is 396 g/mol. The molecular weight excluding hydrogens is 366 g/mol. The van der Waals surface area contributed by atoms with Gasteiger partial charge in [-0.3, -0.25) is 9.88 Å². The molecule has 2 aliphatic rings. The summed E-state index contributed by atoms with van der Waals surface area (Å²) < 4.78 is 5.60. The lowest BCUT2D eigenvalue weighted by Gasteiger charge is -2.35. The van der Waals surface area contributed by atoms with Crippen LogP contribution in [0.3, 0.4) is 0 Å². The Morgan fingerprint density at radius 3 is 2.48 bits per heavy atom. The molecule has 2 aliphatic heterocycles. The summed E-state index contributed by atoms with van der Waals surface area (Å²) >= 11 is 0. The summed E-state index contributed by atoms with van der Waals surface area (Å²) in [5, 5.41) is 3.03. The van der Waals surface area contributed by atoms with Crippen molar-refractivity contribution in [2.75, 3.05) is 56.1 Å². The number of rotatable bonds is 4. The predicted octanol–water partition coefficient (Wildman–Crippen LogP) is 2.66. The van der Waals surface area contributed by atoms with Crippen molar-refractivity contribution in [3.05, 3.63) is 54.4 Å². The molecule has 3 heterocycles. The third-order valence-corrected chi connectivity index (χ3v) is 5.54. The second kappa shape index (κ2) is 9.24. The highest BCUT2D eigenvalue weighted by atomic mass is 16.5. The summed E-state index contributed by atoms with van der Waals surface area (Å²) in [6.45, 7) is 8.79. The Kier molecular flexibility index (Phi) is 6.27. The first kappa shape index (κ1) is 19.7. The monoisotopic (exact) mass is 395 g/mol. The number of urea groups is 1. The molecule has 0 aliphatic carbocycles. The molecule has 1 aromatic carbocycles. The summed E-state index contributed by atoms with van der Waals surface area (Å²) in [6.07, 6.45) is 3.90. The molecule has 0 bridgehead atoms. The van der Waals surface area contributed by atoms with Gasteiger partial charge in [-0.25, -0.2) is 4.79 Å². The lowest BCUT2D eigenvalue weighted by molar-refractivity contribution is 0.0532. The van der Waals surface area contributed by atoms with Gasteiger partial charge in [0.2, 0.25) is 0 Å². The number of anilines is 2. The molecule has 0 saturated carbocycles. The third kappa shape index (κ3) is 5.25. The minimum atomic E-state index is -0.0266. The molecule has 0 spiro atoms. The average Bonchev–Trinajstić information content (AvgIpc) is 2.75. The summed E-state index contributed by atoms with van der Waals surface area (Å²) in [5.74, 6) is 0. The van der Waals surface area contributed by atoms with Gasteiger partial charge in [-0.1, -0.05) is 0 Å². The van der Waals surface area contributed by atoms with Gasteiger partial charge in [-0.15, -0.1) is 0 Å². The molecule has 1 N–H and O–H groups in total. The molecule has 7 heteroatoms. The number of amides is 2. The summed E-state index contributed by atoms with van der Waals surface area (Å²) in [6, 6.07) is 12.2. The zero-order chi connectivity index (χ0) is 20.1. The quantitative estimate of drug-likeness (QED) is 0.863. The smallest absolute Gasteiger partial charge is 0.321 e. The molecule has 29 heavy (non-hydrogen) atoms. The van der Waals surface area contributed by atoms with E-state index < -0.39 is 0 Å². The predicted molar refractivity (Wildman–Crippen MR) is 114 cm³/mol. The normalized spacial score (nSPS) is 20.5. The van der Waals surface area contributed by atoms with E-state index in [1.165, 1.54) is 11.3 Å². The van der Waals surface area contributed by atoms with E-state index in [1.807, 2.05) is 41.6 Å². The van der Waals surface area contributed by atoms with Gasteiger partial charge in [0.1, 0.15) is 0 Å². The Balaban J connectivity index is 1.25. The number of hydrogen-bond acceptors (Lipinski definition) is 5. The van der Waals surface area contributed by atoms with Crippen LogP contribution in [0.15, 0.2) is 48.8 Å². The lowest BCUT2D eigenvalue weighted by Crippen LogP contribution is -2.49. The maximum Gasteiger partial charge on any atom is 0.321 e. The topological polar surface area (TPSA) is 60.9 Å². The number of morpholine rings is 1. The Hall–Kier alpha value is -2.64. The van der Waals surface area contributed by atoms with Gasteiger partial charge in [0, 0.05) is 69.6 Å². The molecule has 1 aromatic heterocycles. The van der Waals surface area contributed by atoms with Crippen molar-refractivity contribution in [2.24, 2.45) is 0 Å². The fraction of sp³-hybridized carbons (Fsp3) is 0.455. The molecule has 2 saturated heterocycles.